The van der Waals surface area contributed by atoms with Crippen LogP contribution in [0.4, 0.5) is 8.78 Å². The highest BCUT2D eigenvalue weighted by Gasteiger charge is 2.06. The van der Waals surface area contributed by atoms with Crippen molar-refractivity contribution in [2.24, 2.45) is 4.99 Å². The molecule has 0 aromatic heterocycles. The van der Waals surface area contributed by atoms with Gasteiger partial charge in [0.05, 0.1) is 0 Å². The van der Waals surface area contributed by atoms with Crippen LogP contribution in [0.3, 0.4) is 0 Å². The number of halogens is 3. The SMILES string of the molecule is CN=C(NCc1cccc(OCCN(C)C)c1)NCc1cc(F)ccc1F.I. The highest BCUT2D eigenvalue weighted by Crippen LogP contribution is 2.13. The van der Waals surface area contributed by atoms with E-state index >= 15 is 0 Å². The first kappa shape index (κ1) is 24.1. The third-order valence-electron chi connectivity index (χ3n) is 3.84. The Labute approximate surface area is 182 Å². The van der Waals surface area contributed by atoms with E-state index in [1.165, 1.54) is 6.07 Å². The predicted octanol–water partition coefficient (Wildman–Crippen LogP) is 3.39. The van der Waals surface area contributed by atoms with Crippen LogP contribution in [0.15, 0.2) is 47.5 Å². The van der Waals surface area contributed by atoms with E-state index in [2.05, 4.69) is 20.5 Å². The number of likely N-dealkylation sites (N-methyl/N-ethyl adjacent to an activating group) is 1. The number of guanidine groups is 1. The van der Waals surface area contributed by atoms with Gasteiger partial charge in [-0.15, -0.1) is 24.0 Å². The number of hydrogen-bond donors (Lipinski definition) is 2. The number of hydrogen-bond acceptors (Lipinski definition) is 3. The number of rotatable bonds is 8. The van der Waals surface area contributed by atoms with Crippen molar-refractivity contribution in [3.63, 3.8) is 0 Å². The van der Waals surface area contributed by atoms with Crippen molar-refractivity contribution >= 4 is 29.9 Å². The van der Waals surface area contributed by atoms with Crippen LogP contribution < -0.4 is 15.4 Å². The first-order chi connectivity index (χ1) is 13.0. The van der Waals surface area contributed by atoms with Crippen LogP contribution in [0.1, 0.15) is 11.1 Å². The summed E-state index contributed by atoms with van der Waals surface area (Å²) < 4.78 is 32.7. The molecule has 0 radical (unpaired) electrons. The van der Waals surface area contributed by atoms with Crippen LogP contribution in [0.2, 0.25) is 0 Å². The standard InChI is InChI=1S/C20H26F2N4O.HI/c1-23-20(25-14-16-12-17(21)7-8-19(16)22)24-13-15-5-4-6-18(11-15)27-10-9-26(2)3;/h4-8,11-12H,9-10,13-14H2,1-3H3,(H2,23,24,25);1H. The molecule has 0 aliphatic heterocycles. The number of nitrogens with one attached hydrogen (secondary N) is 2. The Balaban J connectivity index is 0.00000392. The molecule has 0 aliphatic rings. The topological polar surface area (TPSA) is 48.9 Å². The molecule has 0 fully saturated rings. The Bertz CT molecular complexity index is 772. The Morgan fingerprint density at radius 1 is 1.07 bits per heavy atom. The molecule has 0 aliphatic carbocycles. The molecule has 2 aromatic rings. The second-order valence-electron chi connectivity index (χ2n) is 6.31. The van der Waals surface area contributed by atoms with Gasteiger partial charge in [0.25, 0.3) is 0 Å². The monoisotopic (exact) mass is 504 g/mol. The fourth-order valence-corrected chi connectivity index (χ4v) is 2.36. The molecule has 8 heteroatoms. The second kappa shape index (κ2) is 12.5. The molecule has 0 saturated carbocycles. The van der Waals surface area contributed by atoms with E-state index in [-0.39, 0.29) is 36.1 Å². The highest BCUT2D eigenvalue weighted by molar-refractivity contribution is 14.0. The second-order valence-corrected chi connectivity index (χ2v) is 6.31. The van der Waals surface area contributed by atoms with Gasteiger partial charge in [0, 0.05) is 32.2 Å². The van der Waals surface area contributed by atoms with Crippen molar-refractivity contribution in [2.45, 2.75) is 13.1 Å². The molecule has 0 saturated heterocycles. The average molecular weight is 504 g/mol. The van der Waals surface area contributed by atoms with Gasteiger partial charge in [-0.1, -0.05) is 12.1 Å². The number of nitrogens with zero attached hydrogens (tertiary/aromatic N) is 2. The summed E-state index contributed by atoms with van der Waals surface area (Å²) in [5.41, 5.74) is 1.27. The van der Waals surface area contributed by atoms with Crippen molar-refractivity contribution in [3.05, 3.63) is 65.2 Å². The molecule has 2 rings (SSSR count). The van der Waals surface area contributed by atoms with Crippen LogP contribution >= 0.6 is 24.0 Å². The lowest BCUT2D eigenvalue weighted by atomic mass is 10.2. The molecule has 0 unspecified atom stereocenters. The fraction of sp³-hybridized carbons (Fsp3) is 0.350. The van der Waals surface area contributed by atoms with Crippen LogP contribution in [0, 0.1) is 11.6 Å². The van der Waals surface area contributed by atoms with E-state index in [0.717, 1.165) is 30.0 Å². The number of ether oxygens (including phenoxy) is 1. The minimum Gasteiger partial charge on any atom is -0.492 e. The Morgan fingerprint density at radius 3 is 2.54 bits per heavy atom. The first-order valence-electron chi connectivity index (χ1n) is 8.73. The molecular weight excluding hydrogens is 477 g/mol. The Hall–Kier alpha value is -1.94. The lowest BCUT2D eigenvalue weighted by molar-refractivity contribution is 0.261. The van der Waals surface area contributed by atoms with Crippen LogP contribution in [0.25, 0.3) is 0 Å². The van der Waals surface area contributed by atoms with Gasteiger partial charge in [0.15, 0.2) is 5.96 Å². The third-order valence-corrected chi connectivity index (χ3v) is 3.84. The Morgan fingerprint density at radius 2 is 1.82 bits per heavy atom. The summed E-state index contributed by atoms with van der Waals surface area (Å²) in [7, 11) is 5.62. The van der Waals surface area contributed by atoms with Crippen LogP contribution in [-0.2, 0) is 13.1 Å². The van der Waals surface area contributed by atoms with Crippen LogP contribution in [0.5, 0.6) is 5.75 Å². The fourth-order valence-electron chi connectivity index (χ4n) is 2.36. The summed E-state index contributed by atoms with van der Waals surface area (Å²) in [6, 6.07) is 11.2. The van der Waals surface area contributed by atoms with E-state index in [4.69, 9.17) is 4.74 Å². The van der Waals surface area contributed by atoms with Gasteiger partial charge in [-0.05, 0) is 50.0 Å². The smallest absolute Gasteiger partial charge is 0.191 e. The average Bonchev–Trinajstić information content (AvgIpc) is 2.64. The zero-order valence-electron chi connectivity index (χ0n) is 16.3. The zero-order valence-corrected chi connectivity index (χ0v) is 18.7. The summed E-state index contributed by atoms with van der Waals surface area (Å²) in [6.07, 6.45) is 0. The molecule has 0 amide bonds. The normalized spacial score (nSPS) is 11.1. The minimum atomic E-state index is -0.470. The number of aliphatic imine (C=N–C) groups is 1. The van der Waals surface area contributed by atoms with E-state index in [0.29, 0.717) is 19.1 Å². The van der Waals surface area contributed by atoms with Crippen molar-refractivity contribution in [1.82, 2.24) is 15.5 Å². The van der Waals surface area contributed by atoms with Gasteiger partial charge in [-0.2, -0.15) is 0 Å². The summed E-state index contributed by atoms with van der Waals surface area (Å²) in [5.74, 6) is 0.377. The highest BCUT2D eigenvalue weighted by atomic mass is 127. The molecule has 0 bridgehead atoms. The van der Waals surface area contributed by atoms with Gasteiger partial charge in [-0.25, -0.2) is 8.78 Å². The van der Waals surface area contributed by atoms with Crippen molar-refractivity contribution in [2.75, 3.05) is 34.3 Å². The summed E-state index contributed by atoms with van der Waals surface area (Å²) in [5, 5.41) is 6.13. The van der Waals surface area contributed by atoms with Gasteiger partial charge in [-0.3, -0.25) is 4.99 Å². The Kier molecular flexibility index (Phi) is 10.8. The van der Waals surface area contributed by atoms with Gasteiger partial charge in [0.2, 0.25) is 0 Å². The molecular formula is C20H27F2IN4O. The van der Waals surface area contributed by atoms with Crippen LogP contribution in [-0.4, -0.2) is 45.2 Å². The molecule has 5 nitrogen and oxygen atoms in total. The molecule has 28 heavy (non-hydrogen) atoms. The van der Waals surface area contributed by atoms with Crippen molar-refractivity contribution in [3.8, 4) is 5.75 Å². The first-order valence-corrected chi connectivity index (χ1v) is 8.73. The van der Waals surface area contributed by atoms with E-state index in [1.807, 2.05) is 38.4 Å². The van der Waals surface area contributed by atoms with Crippen molar-refractivity contribution in [1.29, 1.82) is 0 Å². The predicted molar refractivity (Wildman–Crippen MR) is 119 cm³/mol. The molecule has 154 valence electrons. The molecule has 2 aromatic carbocycles. The molecule has 0 atom stereocenters. The minimum absolute atomic E-state index is 0. The largest absolute Gasteiger partial charge is 0.492 e. The lowest BCUT2D eigenvalue weighted by Gasteiger charge is -2.14. The molecule has 2 N–H and O–H groups in total. The van der Waals surface area contributed by atoms with Gasteiger partial charge >= 0.3 is 0 Å². The molecule has 0 spiro atoms. The third kappa shape index (κ3) is 8.39. The maximum atomic E-state index is 13.7. The quantitative estimate of drug-likeness (QED) is 0.329. The maximum absolute atomic E-state index is 13.7. The number of benzene rings is 2. The van der Waals surface area contributed by atoms with E-state index in [9.17, 15) is 8.78 Å². The summed E-state index contributed by atoms with van der Waals surface area (Å²) >= 11 is 0. The molecule has 0 heterocycles. The summed E-state index contributed by atoms with van der Waals surface area (Å²) in [4.78, 5) is 6.16. The summed E-state index contributed by atoms with van der Waals surface area (Å²) in [6.45, 7) is 2.12. The zero-order chi connectivity index (χ0) is 19.6. The van der Waals surface area contributed by atoms with Gasteiger partial charge in [0.1, 0.15) is 24.0 Å². The van der Waals surface area contributed by atoms with Gasteiger partial charge < -0.3 is 20.3 Å². The van der Waals surface area contributed by atoms with E-state index in [1.54, 1.807) is 7.05 Å². The lowest BCUT2D eigenvalue weighted by Crippen LogP contribution is -2.36. The van der Waals surface area contributed by atoms with Crippen molar-refractivity contribution < 1.29 is 13.5 Å². The van der Waals surface area contributed by atoms with E-state index < -0.39 is 11.6 Å². The maximum Gasteiger partial charge on any atom is 0.191 e.